The highest BCUT2D eigenvalue weighted by Crippen LogP contribution is 2.19. The van der Waals surface area contributed by atoms with Crippen molar-refractivity contribution < 1.29 is 53.7 Å². The molecule has 0 saturated carbocycles. The molecule has 1 aliphatic rings. The van der Waals surface area contributed by atoms with Crippen LogP contribution >= 0.6 is 0 Å². The van der Waals surface area contributed by atoms with Crippen LogP contribution in [0.25, 0.3) is 0 Å². The standard InChI is InChI=1S/C36H57N11O11/c1-19(2)28(33(55)43-23(35(57)58)12-13-27(38)50)46-31(53)25(18-49)45-29(51)22(10-6-14-41-36(39)40)42-30(52)24(16-20-8-4-3-5-9-20)44-32(54)26-11-7-15-47(26)34(56)21(37)17-48/h3-5,8-9,19,21-26,28,48-49H,6-7,10-18,37H2,1-2H3,(H2,38,50)(H,42,52)(H,43,55)(H,44,54)(H,45,51)(H,46,53)(H,57,58)(H4,39,40,41). The second kappa shape index (κ2) is 24.0. The van der Waals surface area contributed by atoms with Crippen LogP contribution in [0.3, 0.4) is 0 Å². The summed E-state index contributed by atoms with van der Waals surface area (Å²) in [5, 5.41) is 41.4. The number of primary amides is 1. The zero-order valence-corrected chi connectivity index (χ0v) is 32.6. The monoisotopic (exact) mass is 819 g/mol. The van der Waals surface area contributed by atoms with Crippen LogP contribution in [0.2, 0.25) is 0 Å². The second-order valence-electron chi connectivity index (χ2n) is 14.1. The second-order valence-corrected chi connectivity index (χ2v) is 14.1. The molecule has 1 aliphatic heterocycles. The van der Waals surface area contributed by atoms with Gasteiger partial charge in [-0.2, -0.15) is 0 Å². The van der Waals surface area contributed by atoms with E-state index < -0.39 is 109 Å². The molecule has 1 aromatic carbocycles. The van der Waals surface area contributed by atoms with Crippen LogP contribution in [0.5, 0.6) is 0 Å². The molecular formula is C36H57N11O11. The number of amides is 7. The molecule has 22 heteroatoms. The van der Waals surface area contributed by atoms with Crippen molar-refractivity contribution in [3.63, 3.8) is 0 Å². The number of likely N-dealkylation sites (tertiary alicyclic amines) is 1. The molecule has 0 bridgehead atoms. The number of guanidine groups is 1. The number of carboxylic acids is 1. The third-order valence-corrected chi connectivity index (χ3v) is 9.20. The first-order chi connectivity index (χ1) is 27.4. The van der Waals surface area contributed by atoms with Crippen molar-refractivity contribution in [2.45, 2.75) is 101 Å². The Morgan fingerprint density at radius 2 is 1.40 bits per heavy atom. The summed E-state index contributed by atoms with van der Waals surface area (Å²) in [4.78, 5) is 109. The third kappa shape index (κ3) is 15.6. The number of hydrogen-bond acceptors (Lipinski definition) is 12. The quantitative estimate of drug-likeness (QED) is 0.0264. The molecule has 1 fully saturated rings. The summed E-state index contributed by atoms with van der Waals surface area (Å²) < 4.78 is 0. The van der Waals surface area contributed by atoms with Gasteiger partial charge >= 0.3 is 5.97 Å². The molecule has 1 heterocycles. The number of aliphatic carboxylic acids is 1. The highest BCUT2D eigenvalue weighted by Gasteiger charge is 2.38. The Kier molecular flexibility index (Phi) is 20.0. The lowest BCUT2D eigenvalue weighted by Gasteiger charge is -2.29. The minimum Gasteiger partial charge on any atom is -0.480 e. The van der Waals surface area contributed by atoms with Crippen LogP contribution in [0.4, 0.5) is 0 Å². The first-order valence-corrected chi connectivity index (χ1v) is 18.8. The SMILES string of the molecule is CC(C)C(NC(=O)C(CO)NC(=O)C(CCCN=C(N)N)NC(=O)C(Cc1ccccc1)NC(=O)C1CCCN1C(=O)C(N)CO)C(=O)NC(CCC(N)=O)C(=O)O. The van der Waals surface area contributed by atoms with Gasteiger partial charge in [-0.25, -0.2) is 4.79 Å². The van der Waals surface area contributed by atoms with Crippen LogP contribution in [0.15, 0.2) is 35.3 Å². The zero-order chi connectivity index (χ0) is 43.5. The molecule has 7 atom stereocenters. The number of aliphatic hydroxyl groups is 2. The van der Waals surface area contributed by atoms with E-state index in [1.807, 2.05) is 0 Å². The number of rotatable bonds is 24. The predicted octanol–water partition coefficient (Wildman–Crippen LogP) is -4.98. The fourth-order valence-corrected chi connectivity index (χ4v) is 6.03. The van der Waals surface area contributed by atoms with Gasteiger partial charge < -0.3 is 69.7 Å². The number of carbonyl (C=O) groups is 8. The van der Waals surface area contributed by atoms with Gasteiger partial charge in [-0.1, -0.05) is 44.2 Å². The van der Waals surface area contributed by atoms with Crippen LogP contribution < -0.4 is 49.5 Å². The maximum absolute atomic E-state index is 14.0. The van der Waals surface area contributed by atoms with E-state index in [1.165, 1.54) is 4.90 Å². The number of aliphatic imine (C=N–C) groups is 1. The van der Waals surface area contributed by atoms with E-state index in [-0.39, 0.29) is 57.6 Å². The minimum atomic E-state index is -1.67. The van der Waals surface area contributed by atoms with E-state index in [0.717, 1.165) is 0 Å². The lowest BCUT2D eigenvalue weighted by molar-refractivity contribution is -0.143. The van der Waals surface area contributed by atoms with Crippen molar-refractivity contribution in [3.05, 3.63) is 35.9 Å². The lowest BCUT2D eigenvalue weighted by Crippen LogP contribution is -2.61. The van der Waals surface area contributed by atoms with Gasteiger partial charge in [-0.15, -0.1) is 0 Å². The largest absolute Gasteiger partial charge is 0.480 e. The number of nitrogens with one attached hydrogen (secondary N) is 5. The van der Waals surface area contributed by atoms with Crippen LogP contribution in [0.1, 0.15) is 57.9 Å². The zero-order valence-electron chi connectivity index (χ0n) is 32.6. The first-order valence-electron chi connectivity index (χ1n) is 18.8. The molecule has 0 aromatic heterocycles. The molecule has 322 valence electrons. The molecule has 0 spiro atoms. The number of benzene rings is 1. The normalized spacial score (nSPS) is 16.7. The molecule has 7 amide bonds. The molecule has 7 unspecified atom stereocenters. The number of hydrogen-bond donors (Lipinski definition) is 12. The Morgan fingerprint density at radius 3 is 1.97 bits per heavy atom. The van der Waals surface area contributed by atoms with Gasteiger partial charge in [0.05, 0.1) is 13.2 Å². The van der Waals surface area contributed by atoms with Crippen LogP contribution in [-0.2, 0) is 44.8 Å². The number of carboxylic acid groups (broad SMARTS) is 1. The van der Waals surface area contributed by atoms with E-state index in [9.17, 15) is 53.7 Å². The minimum absolute atomic E-state index is 0.0385. The predicted molar refractivity (Wildman–Crippen MR) is 207 cm³/mol. The van der Waals surface area contributed by atoms with Gasteiger partial charge in [0.2, 0.25) is 41.4 Å². The van der Waals surface area contributed by atoms with Gasteiger partial charge in [0.15, 0.2) is 5.96 Å². The van der Waals surface area contributed by atoms with E-state index in [1.54, 1.807) is 44.2 Å². The summed E-state index contributed by atoms with van der Waals surface area (Å²) in [5.74, 6) is -8.06. The molecule has 1 saturated heterocycles. The Labute approximate surface area is 335 Å². The Morgan fingerprint density at radius 1 is 0.793 bits per heavy atom. The molecule has 22 nitrogen and oxygen atoms in total. The Hall–Kier alpha value is -5.87. The number of carbonyl (C=O) groups excluding carboxylic acids is 7. The topological polar surface area (TPSA) is 377 Å². The van der Waals surface area contributed by atoms with Crippen LogP contribution in [-0.4, -0.2) is 142 Å². The maximum atomic E-state index is 14.0. The molecule has 0 aliphatic carbocycles. The van der Waals surface area contributed by atoms with E-state index >= 15 is 0 Å². The highest BCUT2D eigenvalue weighted by molar-refractivity contribution is 5.97. The van der Waals surface area contributed by atoms with E-state index in [2.05, 4.69) is 31.6 Å². The summed E-state index contributed by atoms with van der Waals surface area (Å²) >= 11 is 0. The molecule has 16 N–H and O–H groups in total. The fourth-order valence-electron chi connectivity index (χ4n) is 6.03. The van der Waals surface area contributed by atoms with Gasteiger partial charge in [0.1, 0.15) is 42.3 Å². The fraction of sp³-hybridized carbons (Fsp3) is 0.583. The molecule has 58 heavy (non-hydrogen) atoms. The summed E-state index contributed by atoms with van der Waals surface area (Å²) in [7, 11) is 0. The lowest BCUT2D eigenvalue weighted by atomic mass is 10.0. The van der Waals surface area contributed by atoms with Crippen molar-refractivity contribution in [1.82, 2.24) is 31.5 Å². The smallest absolute Gasteiger partial charge is 0.326 e. The average Bonchev–Trinajstić information content (AvgIpc) is 3.67. The van der Waals surface area contributed by atoms with Crippen molar-refractivity contribution in [2.75, 3.05) is 26.3 Å². The molecule has 2 rings (SSSR count). The number of nitrogens with two attached hydrogens (primary N) is 4. The van der Waals surface area contributed by atoms with Gasteiger partial charge in [-0.3, -0.25) is 38.6 Å². The Bertz CT molecular complexity index is 1630. The van der Waals surface area contributed by atoms with Crippen molar-refractivity contribution >= 4 is 53.3 Å². The van der Waals surface area contributed by atoms with E-state index in [0.29, 0.717) is 12.0 Å². The number of nitrogens with zero attached hydrogens (tertiary/aromatic N) is 2. The maximum Gasteiger partial charge on any atom is 0.326 e. The number of aliphatic hydroxyl groups excluding tert-OH is 2. The molecule has 1 aromatic rings. The van der Waals surface area contributed by atoms with Gasteiger partial charge in [0, 0.05) is 25.9 Å². The molecular weight excluding hydrogens is 762 g/mol. The highest BCUT2D eigenvalue weighted by atomic mass is 16.4. The summed E-state index contributed by atoms with van der Waals surface area (Å²) in [5.41, 5.74) is 22.3. The summed E-state index contributed by atoms with van der Waals surface area (Å²) in [6.45, 7) is 1.76. The van der Waals surface area contributed by atoms with Crippen LogP contribution in [0, 0.1) is 5.92 Å². The van der Waals surface area contributed by atoms with Gasteiger partial charge in [0.25, 0.3) is 0 Å². The third-order valence-electron chi connectivity index (χ3n) is 9.20. The van der Waals surface area contributed by atoms with E-state index in [4.69, 9.17) is 22.9 Å². The first kappa shape index (κ1) is 48.3. The van der Waals surface area contributed by atoms with Crippen molar-refractivity contribution in [1.29, 1.82) is 0 Å². The van der Waals surface area contributed by atoms with Crippen molar-refractivity contribution in [2.24, 2.45) is 33.8 Å². The average molecular weight is 820 g/mol. The molecule has 0 radical (unpaired) electrons. The summed E-state index contributed by atoms with van der Waals surface area (Å²) in [6, 6.07) is -0.787. The van der Waals surface area contributed by atoms with Crippen molar-refractivity contribution in [3.8, 4) is 0 Å². The van der Waals surface area contributed by atoms with Gasteiger partial charge in [-0.05, 0) is 43.6 Å². The Balaban J connectivity index is 2.32. The summed E-state index contributed by atoms with van der Waals surface area (Å²) in [6.07, 6.45) is 0.101.